The highest BCUT2D eigenvalue weighted by Gasteiger charge is 2.36. The van der Waals surface area contributed by atoms with Gasteiger partial charge in [0.05, 0.1) is 29.4 Å². The van der Waals surface area contributed by atoms with Gasteiger partial charge in [-0.05, 0) is 49.2 Å². The molecular formula is C26H26Cl2N4O3. The molecule has 3 heterocycles. The number of hydrogen-bond acceptors (Lipinski definition) is 4. The Morgan fingerprint density at radius 2 is 1.89 bits per heavy atom. The molecule has 2 amide bonds. The van der Waals surface area contributed by atoms with Gasteiger partial charge in [0.15, 0.2) is 0 Å². The second-order valence-electron chi connectivity index (χ2n) is 9.04. The van der Waals surface area contributed by atoms with Crippen LogP contribution in [0.5, 0.6) is 5.75 Å². The van der Waals surface area contributed by atoms with E-state index in [2.05, 4.69) is 0 Å². The molecule has 2 aromatic carbocycles. The number of carbonyl (C=O) groups excluding carboxylic acids is 2. The van der Waals surface area contributed by atoms with Crippen LogP contribution in [0.1, 0.15) is 51.0 Å². The maximum Gasteiger partial charge on any atom is 0.272 e. The lowest BCUT2D eigenvalue weighted by Gasteiger charge is -2.33. The highest BCUT2D eigenvalue weighted by molar-refractivity contribution is 6.42. The zero-order valence-corrected chi connectivity index (χ0v) is 21.1. The highest BCUT2D eigenvalue weighted by atomic mass is 35.5. The van der Waals surface area contributed by atoms with E-state index in [1.807, 2.05) is 40.8 Å². The number of benzene rings is 2. The molecule has 0 fully saturated rings. The van der Waals surface area contributed by atoms with Gasteiger partial charge in [0, 0.05) is 43.2 Å². The van der Waals surface area contributed by atoms with Gasteiger partial charge in [0.1, 0.15) is 11.4 Å². The van der Waals surface area contributed by atoms with E-state index in [4.69, 9.17) is 33.0 Å². The van der Waals surface area contributed by atoms with Crippen molar-refractivity contribution in [3.05, 3.63) is 80.6 Å². The largest absolute Gasteiger partial charge is 0.497 e. The maximum absolute atomic E-state index is 13.7. The third kappa shape index (κ3) is 4.50. The van der Waals surface area contributed by atoms with Crippen molar-refractivity contribution in [2.45, 2.75) is 45.4 Å². The van der Waals surface area contributed by atoms with Crippen molar-refractivity contribution in [3.63, 3.8) is 0 Å². The van der Waals surface area contributed by atoms with Gasteiger partial charge in [-0.15, -0.1) is 0 Å². The lowest BCUT2D eigenvalue weighted by atomic mass is 9.98. The molecule has 1 aromatic heterocycles. The van der Waals surface area contributed by atoms with E-state index >= 15 is 0 Å². The number of methoxy groups -OCH3 is 1. The van der Waals surface area contributed by atoms with E-state index in [9.17, 15) is 9.59 Å². The highest BCUT2D eigenvalue weighted by Crippen LogP contribution is 2.31. The fraction of sp³-hybridized carbons (Fsp3) is 0.346. The number of halogens is 2. The molecule has 0 saturated carbocycles. The van der Waals surface area contributed by atoms with Crippen LogP contribution in [0.4, 0.5) is 0 Å². The minimum Gasteiger partial charge on any atom is -0.497 e. The van der Waals surface area contributed by atoms with Crippen molar-refractivity contribution in [2.75, 3.05) is 13.7 Å². The Morgan fingerprint density at radius 3 is 2.60 bits per heavy atom. The first-order valence-corrected chi connectivity index (χ1v) is 12.4. The first-order chi connectivity index (χ1) is 16.9. The number of nitrogens with zero attached hydrogens (tertiary/aromatic N) is 4. The fourth-order valence-electron chi connectivity index (χ4n) is 4.83. The van der Waals surface area contributed by atoms with E-state index in [1.54, 1.807) is 30.2 Å². The molecule has 0 N–H and O–H groups in total. The number of rotatable bonds is 4. The summed E-state index contributed by atoms with van der Waals surface area (Å²) in [4.78, 5) is 30.7. The number of aromatic nitrogens is 2. The first kappa shape index (κ1) is 23.7. The molecule has 1 atom stereocenters. The number of amides is 2. The zero-order valence-electron chi connectivity index (χ0n) is 19.6. The van der Waals surface area contributed by atoms with E-state index in [-0.39, 0.29) is 17.9 Å². The monoisotopic (exact) mass is 512 g/mol. The average Bonchev–Trinajstić information content (AvgIpc) is 3.13. The number of ether oxygens (including phenoxy) is 1. The predicted molar refractivity (Wildman–Crippen MR) is 134 cm³/mol. The van der Waals surface area contributed by atoms with Crippen LogP contribution in [0.15, 0.2) is 42.5 Å². The van der Waals surface area contributed by atoms with Crippen LogP contribution in [0.3, 0.4) is 0 Å². The summed E-state index contributed by atoms with van der Waals surface area (Å²) in [5.74, 6) is 0.588. The summed E-state index contributed by atoms with van der Waals surface area (Å²) in [6, 6.07) is 12.6. The minimum atomic E-state index is -0.141. The summed E-state index contributed by atoms with van der Waals surface area (Å²) in [5.41, 5.74) is 3.82. The van der Waals surface area contributed by atoms with E-state index in [0.717, 1.165) is 29.0 Å². The lowest BCUT2D eigenvalue weighted by molar-refractivity contribution is 0.0647. The molecule has 0 unspecified atom stereocenters. The van der Waals surface area contributed by atoms with E-state index in [0.29, 0.717) is 53.9 Å². The molecule has 35 heavy (non-hydrogen) atoms. The van der Waals surface area contributed by atoms with Crippen LogP contribution in [0, 0.1) is 0 Å². The van der Waals surface area contributed by atoms with Crippen molar-refractivity contribution in [1.29, 1.82) is 0 Å². The second-order valence-corrected chi connectivity index (χ2v) is 9.85. The summed E-state index contributed by atoms with van der Waals surface area (Å²) in [6.45, 7) is 4.15. The SMILES string of the molecule is COc1ccc(CN2CCCn3nc4c(c3C2=O)CN(C(=O)c2ccc(Cl)c(Cl)c2)[C@H](C)C4)cc1. The minimum absolute atomic E-state index is 0.0523. The van der Waals surface area contributed by atoms with Gasteiger partial charge < -0.3 is 14.5 Å². The number of hydrogen-bond donors (Lipinski definition) is 0. The number of aryl methyl sites for hydroxylation is 1. The Bertz CT molecular complexity index is 1290. The molecule has 0 saturated heterocycles. The van der Waals surface area contributed by atoms with Gasteiger partial charge in [-0.1, -0.05) is 35.3 Å². The molecule has 2 aliphatic heterocycles. The fourth-order valence-corrected chi connectivity index (χ4v) is 5.13. The van der Waals surface area contributed by atoms with Crippen molar-refractivity contribution >= 4 is 35.0 Å². The van der Waals surface area contributed by atoms with Crippen molar-refractivity contribution in [2.24, 2.45) is 0 Å². The van der Waals surface area contributed by atoms with E-state index < -0.39 is 0 Å². The molecule has 7 nitrogen and oxygen atoms in total. The van der Waals surface area contributed by atoms with Crippen molar-refractivity contribution in [1.82, 2.24) is 19.6 Å². The van der Waals surface area contributed by atoms with Crippen LogP contribution in [-0.4, -0.2) is 51.1 Å². The average molecular weight is 513 g/mol. The molecule has 0 spiro atoms. The van der Waals surface area contributed by atoms with Crippen molar-refractivity contribution in [3.8, 4) is 5.75 Å². The van der Waals surface area contributed by atoms with Crippen LogP contribution in [0.25, 0.3) is 0 Å². The zero-order chi connectivity index (χ0) is 24.7. The third-order valence-corrected chi connectivity index (χ3v) is 7.47. The molecule has 9 heteroatoms. The summed E-state index contributed by atoms with van der Waals surface area (Å²) < 4.78 is 7.08. The summed E-state index contributed by atoms with van der Waals surface area (Å²) in [6.07, 6.45) is 1.41. The Balaban J connectivity index is 1.43. The smallest absolute Gasteiger partial charge is 0.272 e. The quantitative estimate of drug-likeness (QED) is 0.501. The first-order valence-electron chi connectivity index (χ1n) is 11.6. The Labute approximate surface area is 214 Å². The Kier molecular flexibility index (Phi) is 6.47. The second kappa shape index (κ2) is 9.55. The normalized spacial score (nSPS) is 17.6. The van der Waals surface area contributed by atoms with Crippen molar-refractivity contribution < 1.29 is 14.3 Å². The predicted octanol–water partition coefficient (Wildman–Crippen LogP) is 4.83. The molecular weight excluding hydrogens is 487 g/mol. The third-order valence-electron chi connectivity index (χ3n) is 6.73. The Hall–Kier alpha value is -3.03. The maximum atomic E-state index is 13.7. The van der Waals surface area contributed by atoms with E-state index in [1.165, 1.54) is 0 Å². The number of carbonyl (C=O) groups is 2. The van der Waals surface area contributed by atoms with Gasteiger partial charge >= 0.3 is 0 Å². The number of fused-ring (bicyclic) bond motifs is 3. The van der Waals surface area contributed by atoms with Gasteiger partial charge in [0.25, 0.3) is 11.8 Å². The summed E-state index contributed by atoms with van der Waals surface area (Å²) >= 11 is 12.2. The van der Waals surface area contributed by atoms with Crippen LogP contribution in [0.2, 0.25) is 10.0 Å². The lowest BCUT2D eigenvalue weighted by Crippen LogP contribution is -2.43. The summed E-state index contributed by atoms with van der Waals surface area (Å²) in [7, 11) is 1.63. The Morgan fingerprint density at radius 1 is 1.11 bits per heavy atom. The molecule has 2 aliphatic rings. The molecule has 5 rings (SSSR count). The topological polar surface area (TPSA) is 67.7 Å². The van der Waals surface area contributed by atoms with Crippen LogP contribution >= 0.6 is 23.2 Å². The van der Waals surface area contributed by atoms with Crippen LogP contribution in [-0.2, 0) is 26.1 Å². The van der Waals surface area contributed by atoms with Crippen LogP contribution < -0.4 is 4.74 Å². The van der Waals surface area contributed by atoms with Gasteiger partial charge in [-0.3, -0.25) is 14.3 Å². The standard InChI is InChI=1S/C26H26Cl2N4O3/c1-16-12-23-20(15-31(16)25(33)18-6-9-21(27)22(28)13-18)24-26(34)30(10-3-11-32(24)29-23)14-17-4-7-19(35-2)8-5-17/h4-9,13,16H,3,10-12,14-15H2,1-2H3/t16-/m1/s1. The summed E-state index contributed by atoms with van der Waals surface area (Å²) in [5, 5.41) is 5.53. The van der Waals surface area contributed by atoms with Gasteiger partial charge in [-0.25, -0.2) is 0 Å². The van der Waals surface area contributed by atoms with Gasteiger partial charge in [-0.2, -0.15) is 5.10 Å². The van der Waals surface area contributed by atoms with Gasteiger partial charge in [0.2, 0.25) is 0 Å². The molecule has 0 aliphatic carbocycles. The molecule has 0 radical (unpaired) electrons. The molecule has 182 valence electrons. The molecule has 0 bridgehead atoms. The molecule has 3 aromatic rings.